The van der Waals surface area contributed by atoms with Crippen LogP contribution in [0.1, 0.15) is 12.8 Å². The van der Waals surface area contributed by atoms with Crippen molar-refractivity contribution in [2.24, 2.45) is 5.73 Å². The van der Waals surface area contributed by atoms with Crippen LogP contribution in [0.2, 0.25) is 0 Å². The van der Waals surface area contributed by atoms with Gasteiger partial charge >= 0.3 is 0 Å². The first kappa shape index (κ1) is 10.6. The molecule has 1 nitrogen and oxygen atoms in total. The van der Waals surface area contributed by atoms with Gasteiger partial charge in [0, 0.05) is 23.7 Å². The molecule has 62 valence electrons. The molecule has 1 fully saturated rings. The predicted molar refractivity (Wildman–Crippen MR) is 42.1 cm³/mol. The molecule has 0 unspecified atom stereocenters. The van der Waals surface area contributed by atoms with Crippen LogP contribution in [0.15, 0.2) is 0 Å². The minimum atomic E-state index is -2.50. The van der Waals surface area contributed by atoms with E-state index in [-0.39, 0.29) is 25.2 Å². The molecule has 2 N–H and O–H groups in total. The monoisotopic (exact) mass is 235 g/mol. The maximum absolute atomic E-state index is 12.1. The third-order valence-electron chi connectivity index (χ3n) is 1.49. The van der Waals surface area contributed by atoms with Gasteiger partial charge in [-0.3, -0.25) is 0 Å². The molecular weight excluding hydrogens is 227 g/mol. The van der Waals surface area contributed by atoms with Gasteiger partial charge in [-0.2, -0.15) is 0 Å². The summed E-state index contributed by atoms with van der Waals surface area (Å²) < 4.78 is 24.2. The minimum absolute atomic E-state index is 0. The lowest BCUT2D eigenvalue weighted by atomic mass is 9.76. The molecule has 0 heterocycles. The van der Waals surface area contributed by atoms with E-state index in [0.717, 1.165) is 0 Å². The van der Waals surface area contributed by atoms with E-state index in [2.05, 4.69) is 15.9 Å². The van der Waals surface area contributed by atoms with E-state index >= 15 is 0 Å². The topological polar surface area (TPSA) is 26.0 Å². The van der Waals surface area contributed by atoms with E-state index in [1.807, 2.05) is 0 Å². The maximum atomic E-state index is 12.1. The van der Waals surface area contributed by atoms with Crippen LogP contribution < -0.4 is 5.73 Å². The molecule has 0 aromatic rings. The highest BCUT2D eigenvalue weighted by molar-refractivity contribution is 9.09. The number of halogens is 4. The van der Waals surface area contributed by atoms with Gasteiger partial charge in [0.15, 0.2) is 0 Å². The summed E-state index contributed by atoms with van der Waals surface area (Å²) in [5.41, 5.74) is 4.82. The van der Waals surface area contributed by atoms with E-state index in [1.54, 1.807) is 0 Å². The third kappa shape index (κ3) is 2.04. The van der Waals surface area contributed by atoms with Crippen LogP contribution in [0, 0.1) is 0 Å². The van der Waals surface area contributed by atoms with E-state index < -0.39 is 11.5 Å². The molecule has 1 aliphatic rings. The molecule has 0 radical (unpaired) electrons. The molecule has 5 heteroatoms. The zero-order chi connectivity index (χ0) is 7.12. The molecule has 0 aromatic heterocycles. The number of alkyl halides is 3. The zero-order valence-electron chi connectivity index (χ0n) is 5.24. The van der Waals surface area contributed by atoms with Gasteiger partial charge in [-0.1, -0.05) is 15.9 Å². The van der Waals surface area contributed by atoms with Crippen LogP contribution >= 0.6 is 28.3 Å². The molecule has 0 saturated heterocycles. The molecule has 1 rings (SSSR count). The zero-order valence-corrected chi connectivity index (χ0v) is 7.64. The van der Waals surface area contributed by atoms with Crippen molar-refractivity contribution >= 4 is 28.3 Å². The van der Waals surface area contributed by atoms with Crippen molar-refractivity contribution in [2.75, 3.05) is 5.33 Å². The number of hydrogen-bond acceptors (Lipinski definition) is 1. The lowest BCUT2D eigenvalue weighted by Crippen LogP contribution is -2.59. The Kier molecular flexibility index (Phi) is 3.08. The van der Waals surface area contributed by atoms with E-state index in [9.17, 15) is 8.78 Å². The number of hydrogen-bond donors (Lipinski definition) is 1. The molecule has 0 atom stereocenters. The Morgan fingerprint density at radius 1 is 1.40 bits per heavy atom. The van der Waals surface area contributed by atoms with E-state index in [4.69, 9.17) is 5.73 Å². The summed E-state index contributed by atoms with van der Waals surface area (Å²) >= 11 is 3.08. The van der Waals surface area contributed by atoms with E-state index in [1.165, 1.54) is 0 Å². The van der Waals surface area contributed by atoms with Gasteiger partial charge in [-0.05, 0) is 0 Å². The summed E-state index contributed by atoms with van der Waals surface area (Å²) in [5, 5.41) is 0.468. The summed E-state index contributed by atoms with van der Waals surface area (Å²) in [4.78, 5) is 0. The molecule has 1 saturated carbocycles. The summed E-state index contributed by atoms with van der Waals surface area (Å²) in [6.45, 7) is 0. The summed E-state index contributed by atoms with van der Waals surface area (Å²) in [5.74, 6) is -2.50. The van der Waals surface area contributed by atoms with Crippen molar-refractivity contribution in [1.82, 2.24) is 0 Å². The van der Waals surface area contributed by atoms with Gasteiger partial charge in [0.1, 0.15) is 0 Å². The van der Waals surface area contributed by atoms with Crippen molar-refractivity contribution in [2.45, 2.75) is 24.3 Å². The third-order valence-corrected chi connectivity index (χ3v) is 2.60. The largest absolute Gasteiger partial charge is 0.324 e. The van der Waals surface area contributed by atoms with Gasteiger partial charge < -0.3 is 5.73 Å². The molecule has 1 aliphatic carbocycles. The second-order valence-corrected chi connectivity index (χ2v) is 3.27. The molecular formula is C5H9BrClF2N. The highest BCUT2D eigenvalue weighted by Crippen LogP contribution is 2.44. The van der Waals surface area contributed by atoms with Crippen LogP contribution in [0.4, 0.5) is 8.78 Å². The van der Waals surface area contributed by atoms with Crippen molar-refractivity contribution in [3.05, 3.63) is 0 Å². The second-order valence-electron chi connectivity index (χ2n) is 2.71. The molecule has 0 amide bonds. The Bertz CT molecular complexity index is 123. The highest BCUT2D eigenvalue weighted by Gasteiger charge is 2.53. The van der Waals surface area contributed by atoms with Crippen LogP contribution in [-0.4, -0.2) is 16.8 Å². The Morgan fingerprint density at radius 3 is 1.90 bits per heavy atom. The highest BCUT2D eigenvalue weighted by atomic mass is 79.9. The normalized spacial score (nSPS) is 26.4. The standard InChI is InChI=1S/C5H8BrF2N.ClH/c6-3-4(9)1-5(7,8)2-4;/h1-3,9H2;1H. The summed E-state index contributed by atoms with van der Waals surface area (Å²) in [6.07, 6.45) is -0.351. The van der Waals surface area contributed by atoms with E-state index in [0.29, 0.717) is 5.33 Å². The van der Waals surface area contributed by atoms with Gasteiger partial charge in [0.05, 0.1) is 0 Å². The number of rotatable bonds is 1. The van der Waals surface area contributed by atoms with Crippen LogP contribution in [0.25, 0.3) is 0 Å². The Hall–Kier alpha value is 0.590. The minimum Gasteiger partial charge on any atom is -0.324 e. The summed E-state index contributed by atoms with van der Waals surface area (Å²) in [7, 11) is 0. The fourth-order valence-corrected chi connectivity index (χ4v) is 1.47. The quantitative estimate of drug-likeness (QED) is 0.692. The Labute approximate surface area is 72.9 Å². The summed E-state index contributed by atoms with van der Waals surface area (Å²) in [6, 6.07) is 0. The Morgan fingerprint density at radius 2 is 1.80 bits per heavy atom. The molecule has 10 heavy (non-hydrogen) atoms. The van der Waals surface area contributed by atoms with Crippen molar-refractivity contribution in [1.29, 1.82) is 0 Å². The SMILES string of the molecule is Cl.NC1(CBr)CC(F)(F)C1. The lowest BCUT2D eigenvalue weighted by Gasteiger charge is -2.43. The fraction of sp³-hybridized carbons (Fsp3) is 1.00. The predicted octanol–water partition coefficient (Wildman–Crippen LogP) is 1.93. The van der Waals surface area contributed by atoms with Crippen molar-refractivity contribution in [3.63, 3.8) is 0 Å². The maximum Gasteiger partial charge on any atom is 0.251 e. The van der Waals surface area contributed by atoms with Gasteiger partial charge in [0.25, 0.3) is 5.92 Å². The first-order chi connectivity index (χ1) is 3.97. The first-order valence-electron chi connectivity index (χ1n) is 2.70. The first-order valence-corrected chi connectivity index (χ1v) is 3.82. The molecule has 0 aromatic carbocycles. The van der Waals surface area contributed by atoms with Crippen molar-refractivity contribution < 1.29 is 8.78 Å². The molecule has 0 aliphatic heterocycles. The van der Waals surface area contributed by atoms with Crippen LogP contribution in [0.3, 0.4) is 0 Å². The average Bonchev–Trinajstić information content (AvgIpc) is 1.61. The Balaban J connectivity index is 0.000000810. The molecule has 0 bridgehead atoms. The van der Waals surface area contributed by atoms with Gasteiger partial charge in [0.2, 0.25) is 0 Å². The van der Waals surface area contributed by atoms with Crippen LogP contribution in [-0.2, 0) is 0 Å². The lowest BCUT2D eigenvalue weighted by molar-refractivity contribution is -0.114. The van der Waals surface area contributed by atoms with Crippen molar-refractivity contribution in [3.8, 4) is 0 Å². The van der Waals surface area contributed by atoms with Crippen LogP contribution in [0.5, 0.6) is 0 Å². The van der Waals surface area contributed by atoms with Gasteiger partial charge in [-0.15, -0.1) is 12.4 Å². The molecule has 0 spiro atoms. The van der Waals surface area contributed by atoms with Gasteiger partial charge in [-0.25, -0.2) is 8.78 Å². The fourth-order valence-electron chi connectivity index (χ4n) is 1.07. The number of nitrogens with two attached hydrogens (primary N) is 1. The average molecular weight is 236 g/mol. The smallest absolute Gasteiger partial charge is 0.251 e. The second kappa shape index (κ2) is 2.91.